The highest BCUT2D eigenvalue weighted by Crippen LogP contribution is 2.39. The van der Waals surface area contributed by atoms with E-state index < -0.39 is 17.7 Å². The Morgan fingerprint density at radius 1 is 1.32 bits per heavy atom. The normalized spacial score (nSPS) is 16.2. The van der Waals surface area contributed by atoms with Crippen molar-refractivity contribution in [2.24, 2.45) is 0 Å². The number of amides is 1. The van der Waals surface area contributed by atoms with Crippen molar-refractivity contribution in [3.05, 3.63) is 58.6 Å². The third-order valence-corrected chi connectivity index (χ3v) is 4.54. The summed E-state index contributed by atoms with van der Waals surface area (Å²) in [7, 11) is 1.43. The minimum Gasteiger partial charge on any atom is -0.486 e. The average Bonchev–Trinajstić information content (AvgIpc) is 2.65. The number of nitrogens with one attached hydrogen (secondary N) is 1. The van der Waals surface area contributed by atoms with Gasteiger partial charge in [0.05, 0.1) is 11.6 Å². The number of aliphatic hydroxyl groups is 1. The Labute approximate surface area is 167 Å². The first-order chi connectivity index (χ1) is 13.3. The van der Waals surface area contributed by atoms with Crippen LogP contribution in [-0.2, 0) is 10.5 Å². The quantitative estimate of drug-likeness (QED) is 0.558. The van der Waals surface area contributed by atoms with Gasteiger partial charge in [-0.2, -0.15) is 8.78 Å². The summed E-state index contributed by atoms with van der Waals surface area (Å²) in [6, 6.07) is 8.91. The molecule has 2 aromatic carbocycles. The van der Waals surface area contributed by atoms with E-state index in [1.807, 2.05) is 0 Å². The zero-order valence-electron chi connectivity index (χ0n) is 14.5. The van der Waals surface area contributed by atoms with Gasteiger partial charge in [0.1, 0.15) is 6.61 Å². The molecule has 1 amide bonds. The molecular formula is C19H17ClF2NO4P. The van der Waals surface area contributed by atoms with Crippen molar-refractivity contribution in [3.63, 3.8) is 0 Å². The van der Waals surface area contributed by atoms with Crippen LogP contribution >= 0.6 is 20.8 Å². The highest BCUT2D eigenvalue weighted by Gasteiger charge is 2.27. The van der Waals surface area contributed by atoms with Crippen LogP contribution < -0.4 is 14.8 Å². The third kappa shape index (κ3) is 4.98. The Kier molecular flexibility index (Phi) is 6.18. The summed E-state index contributed by atoms with van der Waals surface area (Å²) in [6.45, 7) is 0.0648. The molecule has 0 bridgehead atoms. The SMILES string of the molecule is O=C(/C=C/c1ccc(C(F)(F)P)c(Cl)c1)Nc1ccc2c(c1)OCC(CO)O2. The Morgan fingerprint density at radius 2 is 2.11 bits per heavy atom. The molecule has 0 saturated carbocycles. The Bertz CT molecular complexity index is 917. The fraction of sp³-hybridized carbons (Fsp3) is 0.211. The van der Waals surface area contributed by atoms with Gasteiger partial charge in [0, 0.05) is 23.4 Å². The van der Waals surface area contributed by atoms with Crippen molar-refractivity contribution >= 4 is 38.5 Å². The van der Waals surface area contributed by atoms with Gasteiger partial charge in [-0.3, -0.25) is 4.79 Å². The lowest BCUT2D eigenvalue weighted by atomic mass is 10.1. The highest BCUT2D eigenvalue weighted by molar-refractivity contribution is 7.17. The van der Waals surface area contributed by atoms with Crippen LogP contribution in [0.1, 0.15) is 11.1 Å². The van der Waals surface area contributed by atoms with Crippen molar-refractivity contribution in [2.45, 2.75) is 11.8 Å². The van der Waals surface area contributed by atoms with E-state index in [4.69, 9.17) is 26.2 Å². The third-order valence-electron chi connectivity index (χ3n) is 3.91. The molecule has 28 heavy (non-hydrogen) atoms. The first-order valence-corrected chi connectivity index (χ1v) is 9.22. The van der Waals surface area contributed by atoms with Crippen LogP contribution in [0.5, 0.6) is 11.5 Å². The average molecular weight is 428 g/mol. The number of carbonyl (C=O) groups excluding carboxylic acids is 1. The molecule has 0 aliphatic carbocycles. The molecule has 0 radical (unpaired) electrons. The van der Waals surface area contributed by atoms with Crippen LogP contribution in [0, 0.1) is 0 Å². The van der Waals surface area contributed by atoms with Gasteiger partial charge in [-0.15, -0.1) is 0 Å². The van der Waals surface area contributed by atoms with E-state index in [-0.39, 0.29) is 23.8 Å². The van der Waals surface area contributed by atoms with E-state index in [1.165, 1.54) is 39.6 Å². The van der Waals surface area contributed by atoms with E-state index in [2.05, 4.69) is 5.32 Å². The van der Waals surface area contributed by atoms with Gasteiger partial charge in [-0.25, -0.2) is 0 Å². The molecule has 0 spiro atoms. The second-order valence-corrected chi connectivity index (χ2v) is 7.21. The number of alkyl halides is 2. The molecular weight excluding hydrogens is 411 g/mol. The maximum absolute atomic E-state index is 13.3. The molecule has 2 unspecified atom stereocenters. The van der Waals surface area contributed by atoms with Crippen LogP contribution in [0.4, 0.5) is 14.5 Å². The minimum atomic E-state index is -3.12. The number of benzene rings is 2. The highest BCUT2D eigenvalue weighted by atomic mass is 35.5. The summed E-state index contributed by atoms with van der Waals surface area (Å²) in [5, 5.41) is 11.7. The number of ether oxygens (including phenoxy) is 2. The van der Waals surface area contributed by atoms with Gasteiger partial charge >= 0.3 is 0 Å². The lowest BCUT2D eigenvalue weighted by Crippen LogP contribution is -2.32. The van der Waals surface area contributed by atoms with Crippen LogP contribution in [-0.4, -0.2) is 30.3 Å². The summed E-state index contributed by atoms with van der Waals surface area (Å²) in [4.78, 5) is 12.1. The van der Waals surface area contributed by atoms with Gasteiger partial charge in [0.15, 0.2) is 17.6 Å². The maximum atomic E-state index is 13.3. The van der Waals surface area contributed by atoms with Crippen LogP contribution in [0.3, 0.4) is 0 Å². The molecule has 0 saturated heterocycles. The summed E-state index contributed by atoms with van der Waals surface area (Å²) >= 11 is 5.88. The number of fused-ring (bicyclic) bond motifs is 1. The molecule has 0 aromatic heterocycles. The predicted octanol–water partition coefficient (Wildman–Crippen LogP) is 4.05. The molecule has 5 nitrogen and oxygen atoms in total. The topological polar surface area (TPSA) is 67.8 Å². The number of rotatable bonds is 5. The Hall–Kier alpha value is -2.21. The Morgan fingerprint density at radius 3 is 2.79 bits per heavy atom. The zero-order valence-corrected chi connectivity index (χ0v) is 16.4. The minimum absolute atomic E-state index is 0.0874. The molecule has 1 aliphatic heterocycles. The number of halogens is 3. The second kappa shape index (κ2) is 8.43. The van der Waals surface area contributed by atoms with Crippen molar-refractivity contribution in [3.8, 4) is 11.5 Å². The summed E-state index contributed by atoms with van der Waals surface area (Å²) in [5.74, 6) is 0.535. The van der Waals surface area contributed by atoms with Gasteiger partial charge in [0.25, 0.3) is 5.66 Å². The van der Waals surface area contributed by atoms with Crippen LogP contribution in [0.15, 0.2) is 42.5 Å². The molecule has 3 rings (SSSR count). The Balaban J connectivity index is 1.65. The standard InChI is InChI=1S/C19H17ClF2NO4P/c20-15-7-11(1-4-14(15)19(21,22)28)2-6-18(25)23-12-3-5-16-17(8-12)26-10-13(9-24)27-16/h1-8,13,24H,9-10,28H2,(H,23,25)/b6-2+. The van der Waals surface area contributed by atoms with E-state index in [0.717, 1.165) is 0 Å². The number of anilines is 1. The van der Waals surface area contributed by atoms with Gasteiger partial charge in [-0.05, 0) is 29.8 Å². The molecule has 2 atom stereocenters. The number of aliphatic hydroxyl groups excluding tert-OH is 1. The molecule has 9 heteroatoms. The summed E-state index contributed by atoms with van der Waals surface area (Å²) in [6.07, 6.45) is 2.32. The predicted molar refractivity (Wildman–Crippen MR) is 106 cm³/mol. The van der Waals surface area contributed by atoms with E-state index in [1.54, 1.807) is 18.2 Å². The molecule has 1 aliphatic rings. The zero-order chi connectivity index (χ0) is 20.3. The smallest absolute Gasteiger partial charge is 0.285 e. The largest absolute Gasteiger partial charge is 0.486 e. The fourth-order valence-electron chi connectivity index (χ4n) is 2.54. The van der Waals surface area contributed by atoms with Crippen molar-refractivity contribution in [2.75, 3.05) is 18.5 Å². The monoisotopic (exact) mass is 427 g/mol. The van der Waals surface area contributed by atoms with Crippen molar-refractivity contribution in [1.29, 1.82) is 0 Å². The maximum Gasteiger partial charge on any atom is 0.285 e. The molecule has 1 heterocycles. The second-order valence-electron chi connectivity index (χ2n) is 6.08. The molecule has 2 aromatic rings. The summed E-state index contributed by atoms with van der Waals surface area (Å²) in [5.41, 5.74) is -2.42. The van der Waals surface area contributed by atoms with Gasteiger partial charge < -0.3 is 19.9 Å². The van der Waals surface area contributed by atoms with E-state index in [9.17, 15) is 13.6 Å². The van der Waals surface area contributed by atoms with E-state index >= 15 is 0 Å². The van der Waals surface area contributed by atoms with Crippen molar-refractivity contribution in [1.82, 2.24) is 0 Å². The number of hydrogen-bond acceptors (Lipinski definition) is 4. The first-order valence-electron chi connectivity index (χ1n) is 8.26. The fourth-order valence-corrected chi connectivity index (χ4v) is 3.20. The molecule has 148 valence electrons. The number of carbonyl (C=O) groups is 1. The van der Waals surface area contributed by atoms with E-state index in [0.29, 0.717) is 22.7 Å². The lowest BCUT2D eigenvalue weighted by molar-refractivity contribution is -0.111. The number of hydrogen-bond donors (Lipinski definition) is 2. The van der Waals surface area contributed by atoms with Gasteiger partial charge in [-0.1, -0.05) is 33.0 Å². The lowest BCUT2D eigenvalue weighted by Gasteiger charge is -2.25. The van der Waals surface area contributed by atoms with Crippen molar-refractivity contribution < 1.29 is 28.2 Å². The van der Waals surface area contributed by atoms with Gasteiger partial charge in [0.2, 0.25) is 5.91 Å². The van der Waals surface area contributed by atoms with Crippen LogP contribution in [0.25, 0.3) is 6.08 Å². The summed E-state index contributed by atoms with van der Waals surface area (Å²) < 4.78 is 37.7. The molecule has 2 N–H and O–H groups in total. The molecule has 0 fully saturated rings. The van der Waals surface area contributed by atoms with Crippen LogP contribution in [0.2, 0.25) is 5.02 Å². The first kappa shape index (κ1) is 20.5.